The largest absolute Gasteiger partial charge is 0.477 e. The van der Waals surface area contributed by atoms with Crippen molar-refractivity contribution in [1.29, 1.82) is 0 Å². The van der Waals surface area contributed by atoms with E-state index >= 15 is 0 Å². The predicted octanol–water partition coefficient (Wildman–Crippen LogP) is 2.75. The number of aromatic carboxylic acids is 1. The first-order valence-electron chi connectivity index (χ1n) is 6.36. The maximum absolute atomic E-state index is 12.4. The molecule has 6 heteroatoms. The third-order valence-corrected chi connectivity index (χ3v) is 3.25. The molecule has 3 rings (SSSR count). The Morgan fingerprint density at radius 1 is 1.24 bits per heavy atom. The van der Waals surface area contributed by atoms with Gasteiger partial charge in [-0.1, -0.05) is 6.07 Å². The number of fused-ring (bicyclic) bond motifs is 1. The number of aryl methyl sites for hydroxylation is 1. The van der Waals surface area contributed by atoms with Crippen LogP contribution in [0, 0.1) is 6.92 Å². The molecule has 0 saturated carbocycles. The van der Waals surface area contributed by atoms with Crippen LogP contribution in [0.15, 0.2) is 36.5 Å². The zero-order valence-electron chi connectivity index (χ0n) is 11.2. The highest BCUT2D eigenvalue weighted by atomic mass is 16.4. The summed E-state index contributed by atoms with van der Waals surface area (Å²) >= 11 is 0. The number of benzene rings is 1. The molecule has 3 aromatic rings. The van der Waals surface area contributed by atoms with E-state index in [1.807, 2.05) is 12.1 Å². The summed E-state index contributed by atoms with van der Waals surface area (Å²) in [4.78, 5) is 29.3. The summed E-state index contributed by atoms with van der Waals surface area (Å²) in [6, 6.07) is 8.75. The summed E-state index contributed by atoms with van der Waals surface area (Å²) in [5.74, 6) is -1.46. The van der Waals surface area contributed by atoms with Crippen molar-refractivity contribution in [3.8, 4) is 0 Å². The number of hydrogen-bond donors (Lipinski definition) is 4. The molecule has 0 aliphatic carbocycles. The minimum Gasteiger partial charge on any atom is -0.477 e. The molecule has 0 bridgehead atoms. The first kappa shape index (κ1) is 13.0. The van der Waals surface area contributed by atoms with Gasteiger partial charge in [-0.05, 0) is 31.2 Å². The molecule has 2 aromatic heterocycles. The van der Waals surface area contributed by atoms with Gasteiger partial charge in [-0.3, -0.25) is 4.79 Å². The lowest BCUT2D eigenvalue weighted by Crippen LogP contribution is -2.14. The summed E-state index contributed by atoms with van der Waals surface area (Å²) in [6.45, 7) is 1.73. The van der Waals surface area contributed by atoms with Crippen molar-refractivity contribution in [3.05, 3.63) is 53.5 Å². The number of carbonyl (C=O) groups excluding carboxylic acids is 1. The normalized spacial score (nSPS) is 10.7. The number of carboxylic acid groups (broad SMARTS) is 1. The Morgan fingerprint density at radius 2 is 2.05 bits per heavy atom. The summed E-state index contributed by atoms with van der Waals surface area (Å²) in [5.41, 5.74) is 2.25. The Kier molecular flexibility index (Phi) is 2.98. The van der Waals surface area contributed by atoms with Crippen LogP contribution in [0.4, 0.5) is 5.69 Å². The van der Waals surface area contributed by atoms with Gasteiger partial charge in [-0.2, -0.15) is 0 Å². The van der Waals surface area contributed by atoms with Gasteiger partial charge < -0.3 is 20.4 Å². The van der Waals surface area contributed by atoms with E-state index in [0.717, 1.165) is 10.9 Å². The van der Waals surface area contributed by atoms with E-state index in [1.54, 1.807) is 31.3 Å². The zero-order valence-corrected chi connectivity index (χ0v) is 11.2. The van der Waals surface area contributed by atoms with E-state index in [4.69, 9.17) is 5.11 Å². The highest BCUT2D eigenvalue weighted by Gasteiger charge is 2.17. The summed E-state index contributed by atoms with van der Waals surface area (Å²) < 4.78 is 0. The fourth-order valence-corrected chi connectivity index (χ4v) is 2.33. The van der Waals surface area contributed by atoms with E-state index < -0.39 is 5.97 Å². The molecule has 0 radical (unpaired) electrons. The van der Waals surface area contributed by atoms with Gasteiger partial charge in [0.1, 0.15) is 5.69 Å². The number of carboxylic acids is 1. The van der Waals surface area contributed by atoms with E-state index in [-0.39, 0.29) is 17.3 Å². The molecule has 21 heavy (non-hydrogen) atoms. The third-order valence-electron chi connectivity index (χ3n) is 3.25. The quantitative estimate of drug-likeness (QED) is 0.595. The molecule has 0 fully saturated rings. The van der Waals surface area contributed by atoms with Crippen molar-refractivity contribution in [2.24, 2.45) is 0 Å². The topological polar surface area (TPSA) is 98.0 Å². The van der Waals surface area contributed by atoms with Crippen LogP contribution in [0.2, 0.25) is 0 Å². The lowest BCUT2D eigenvalue weighted by atomic mass is 10.1. The molecular formula is C15H13N3O3. The van der Waals surface area contributed by atoms with Gasteiger partial charge in [0, 0.05) is 28.4 Å². The molecule has 0 aliphatic heterocycles. The third kappa shape index (κ3) is 2.27. The number of carbonyl (C=O) groups is 2. The lowest BCUT2D eigenvalue weighted by Gasteiger charge is -2.05. The van der Waals surface area contributed by atoms with Gasteiger partial charge in [0.2, 0.25) is 0 Å². The Bertz CT molecular complexity index is 845. The lowest BCUT2D eigenvalue weighted by molar-refractivity contribution is 0.0692. The zero-order chi connectivity index (χ0) is 15.0. The fraction of sp³-hybridized carbons (Fsp3) is 0.0667. The van der Waals surface area contributed by atoms with E-state index in [2.05, 4.69) is 15.3 Å². The molecular weight excluding hydrogens is 270 g/mol. The van der Waals surface area contributed by atoms with Gasteiger partial charge in [-0.15, -0.1) is 0 Å². The van der Waals surface area contributed by atoms with Crippen molar-refractivity contribution < 1.29 is 14.7 Å². The molecule has 106 valence electrons. The standard InChI is InChI=1S/C15H13N3O3/c1-8-7-12(13(17-8)15(20)21)18-14(19)10-3-2-4-11-9(10)5-6-16-11/h2-7,16-17H,1H3,(H,18,19)(H,20,21). The van der Waals surface area contributed by atoms with Crippen LogP contribution in [0.1, 0.15) is 26.5 Å². The minimum atomic E-state index is -1.11. The minimum absolute atomic E-state index is 0.0258. The Morgan fingerprint density at radius 3 is 2.81 bits per heavy atom. The molecule has 2 heterocycles. The molecule has 0 spiro atoms. The Labute approximate surface area is 119 Å². The summed E-state index contributed by atoms with van der Waals surface area (Å²) in [5, 5.41) is 12.6. The molecule has 4 N–H and O–H groups in total. The molecule has 0 saturated heterocycles. The first-order valence-corrected chi connectivity index (χ1v) is 6.36. The Balaban J connectivity index is 1.97. The van der Waals surface area contributed by atoms with Crippen LogP contribution in [0.5, 0.6) is 0 Å². The molecule has 6 nitrogen and oxygen atoms in total. The van der Waals surface area contributed by atoms with Crippen LogP contribution in [-0.2, 0) is 0 Å². The Hall–Kier alpha value is -3.02. The summed E-state index contributed by atoms with van der Waals surface area (Å²) in [6.07, 6.45) is 1.75. The van der Waals surface area contributed by atoms with Crippen molar-refractivity contribution in [1.82, 2.24) is 9.97 Å². The number of amides is 1. The number of aromatic amines is 2. The second-order valence-corrected chi connectivity index (χ2v) is 4.74. The number of rotatable bonds is 3. The average molecular weight is 283 g/mol. The number of aromatic nitrogens is 2. The monoisotopic (exact) mass is 283 g/mol. The van der Waals surface area contributed by atoms with E-state index in [0.29, 0.717) is 11.3 Å². The van der Waals surface area contributed by atoms with E-state index in [1.165, 1.54) is 0 Å². The number of hydrogen-bond acceptors (Lipinski definition) is 2. The van der Waals surface area contributed by atoms with Gasteiger partial charge in [0.05, 0.1) is 5.69 Å². The first-order chi connectivity index (χ1) is 10.1. The van der Waals surface area contributed by atoms with Crippen LogP contribution >= 0.6 is 0 Å². The number of nitrogens with one attached hydrogen (secondary N) is 3. The van der Waals surface area contributed by atoms with Crippen LogP contribution < -0.4 is 5.32 Å². The highest BCUT2D eigenvalue weighted by Crippen LogP contribution is 2.21. The average Bonchev–Trinajstić information content (AvgIpc) is 3.04. The van der Waals surface area contributed by atoms with Gasteiger partial charge in [-0.25, -0.2) is 4.79 Å². The molecule has 0 aliphatic rings. The van der Waals surface area contributed by atoms with Crippen LogP contribution in [-0.4, -0.2) is 27.0 Å². The van der Waals surface area contributed by atoms with Crippen LogP contribution in [0.3, 0.4) is 0 Å². The van der Waals surface area contributed by atoms with Gasteiger partial charge in [0.25, 0.3) is 5.91 Å². The van der Waals surface area contributed by atoms with Gasteiger partial charge in [0.15, 0.2) is 0 Å². The summed E-state index contributed by atoms with van der Waals surface area (Å²) in [7, 11) is 0. The fourth-order valence-electron chi connectivity index (χ4n) is 2.33. The van der Waals surface area contributed by atoms with Crippen molar-refractivity contribution in [2.75, 3.05) is 5.32 Å². The van der Waals surface area contributed by atoms with Crippen molar-refractivity contribution in [3.63, 3.8) is 0 Å². The second-order valence-electron chi connectivity index (χ2n) is 4.74. The van der Waals surface area contributed by atoms with Crippen LogP contribution in [0.25, 0.3) is 10.9 Å². The molecule has 1 amide bonds. The highest BCUT2D eigenvalue weighted by molar-refractivity contribution is 6.13. The number of H-pyrrole nitrogens is 2. The maximum Gasteiger partial charge on any atom is 0.354 e. The molecule has 1 aromatic carbocycles. The SMILES string of the molecule is Cc1cc(NC(=O)c2cccc3[nH]ccc23)c(C(=O)O)[nH]1. The smallest absolute Gasteiger partial charge is 0.354 e. The maximum atomic E-state index is 12.4. The van der Waals surface area contributed by atoms with Crippen molar-refractivity contribution >= 4 is 28.5 Å². The molecule has 0 atom stereocenters. The predicted molar refractivity (Wildman–Crippen MR) is 78.7 cm³/mol. The van der Waals surface area contributed by atoms with Gasteiger partial charge >= 0.3 is 5.97 Å². The molecule has 0 unspecified atom stereocenters. The number of anilines is 1. The van der Waals surface area contributed by atoms with Crippen molar-refractivity contribution in [2.45, 2.75) is 6.92 Å². The van der Waals surface area contributed by atoms with E-state index in [9.17, 15) is 9.59 Å². The second kappa shape index (κ2) is 4.82.